The van der Waals surface area contributed by atoms with Crippen LogP contribution in [0, 0.1) is 0 Å². The number of alkyl halides is 4. The number of nitrogens with two attached hydrogens (primary N) is 1. The Morgan fingerprint density at radius 1 is 0.958 bits per heavy atom. The molecule has 0 heterocycles. The van der Waals surface area contributed by atoms with Crippen LogP contribution in [0.3, 0.4) is 0 Å². The second-order valence-corrected chi connectivity index (χ2v) is 7.29. The maximum atomic E-state index is 12.8. The van der Waals surface area contributed by atoms with E-state index in [9.17, 15) is 21.6 Å². The monoisotopic (exact) mass is 378 g/mol. The zero-order valence-corrected chi connectivity index (χ0v) is 13.7. The van der Waals surface area contributed by atoms with Gasteiger partial charge in [-0.3, -0.25) is 0 Å². The molecule has 0 aromatic heterocycles. The predicted molar refractivity (Wildman–Crippen MR) is 85.5 cm³/mol. The number of benzene rings is 2. The molecule has 0 radical (unpaired) electrons. The first kappa shape index (κ1) is 18.7. The Balaban J connectivity index is 2.55. The molecule has 0 fully saturated rings. The SMILES string of the molecule is N[C@H](c1ccccc1)[C@](Cl)(NS(=O)(=O)C(F)(F)F)c1ccccc1. The number of halogens is 4. The van der Waals surface area contributed by atoms with Crippen molar-refractivity contribution in [2.75, 3.05) is 0 Å². The van der Waals surface area contributed by atoms with Gasteiger partial charge in [0.15, 0.2) is 5.00 Å². The Kier molecular flexibility index (Phi) is 5.24. The minimum atomic E-state index is -5.72. The average Bonchev–Trinajstić information content (AvgIpc) is 2.54. The van der Waals surface area contributed by atoms with Crippen LogP contribution in [0.1, 0.15) is 17.2 Å². The number of hydrogen-bond acceptors (Lipinski definition) is 3. The zero-order chi connectivity index (χ0) is 18.0. The van der Waals surface area contributed by atoms with E-state index in [4.69, 9.17) is 17.3 Å². The standard InChI is InChI=1S/C15H14ClF3N2O2S/c16-14(12-9-5-2-6-10-12,21-24(22,23)15(17,18)19)13(20)11-7-3-1-4-8-11/h1-10,13,21H,20H2/t13-,14-/m1/s1. The normalized spacial score (nSPS) is 16.4. The van der Waals surface area contributed by atoms with Crippen molar-refractivity contribution in [3.8, 4) is 0 Å². The smallest absolute Gasteiger partial charge is 0.321 e. The first-order chi connectivity index (χ1) is 11.1. The topological polar surface area (TPSA) is 72.2 Å². The van der Waals surface area contributed by atoms with Gasteiger partial charge in [-0.25, -0.2) is 8.42 Å². The van der Waals surface area contributed by atoms with E-state index in [1.807, 2.05) is 0 Å². The van der Waals surface area contributed by atoms with Crippen LogP contribution in [0.2, 0.25) is 0 Å². The molecule has 2 aromatic carbocycles. The number of nitrogens with one attached hydrogen (secondary N) is 1. The lowest BCUT2D eigenvalue weighted by Crippen LogP contribution is -2.52. The summed E-state index contributed by atoms with van der Waals surface area (Å²) in [5.74, 6) is 0. The molecule has 0 saturated heterocycles. The molecule has 0 aliphatic carbocycles. The van der Waals surface area contributed by atoms with E-state index in [1.54, 1.807) is 36.4 Å². The number of rotatable bonds is 5. The summed E-state index contributed by atoms with van der Waals surface area (Å²) in [5.41, 5.74) is 0.984. The summed E-state index contributed by atoms with van der Waals surface area (Å²) in [6.07, 6.45) is 0. The molecule has 0 spiro atoms. The van der Waals surface area contributed by atoms with Gasteiger partial charge in [0.05, 0.1) is 6.04 Å². The van der Waals surface area contributed by atoms with E-state index >= 15 is 0 Å². The van der Waals surface area contributed by atoms with Crippen LogP contribution in [-0.2, 0) is 15.0 Å². The average molecular weight is 379 g/mol. The van der Waals surface area contributed by atoms with Crippen molar-refractivity contribution in [1.29, 1.82) is 0 Å². The maximum Gasteiger partial charge on any atom is 0.511 e. The highest BCUT2D eigenvalue weighted by Crippen LogP contribution is 2.40. The predicted octanol–water partition coefficient (Wildman–Crippen LogP) is 3.22. The van der Waals surface area contributed by atoms with Crippen LogP contribution in [-0.4, -0.2) is 13.9 Å². The lowest BCUT2D eigenvalue weighted by atomic mass is 9.94. The van der Waals surface area contributed by atoms with Crippen LogP contribution in [0.15, 0.2) is 60.7 Å². The third-order valence-electron chi connectivity index (χ3n) is 3.37. The Morgan fingerprint density at radius 3 is 1.88 bits per heavy atom. The van der Waals surface area contributed by atoms with Gasteiger partial charge in [0, 0.05) is 0 Å². The summed E-state index contributed by atoms with van der Waals surface area (Å²) < 4.78 is 63.1. The molecule has 0 saturated carbocycles. The summed E-state index contributed by atoms with van der Waals surface area (Å²) in [5, 5.41) is 0. The molecule has 0 aliphatic rings. The minimum Gasteiger partial charge on any atom is -0.321 e. The van der Waals surface area contributed by atoms with Crippen molar-refractivity contribution in [3.63, 3.8) is 0 Å². The van der Waals surface area contributed by atoms with E-state index in [0.29, 0.717) is 5.56 Å². The molecule has 24 heavy (non-hydrogen) atoms. The molecule has 0 aliphatic heterocycles. The van der Waals surface area contributed by atoms with Crippen molar-refractivity contribution < 1.29 is 21.6 Å². The molecule has 2 rings (SSSR count). The fraction of sp³-hybridized carbons (Fsp3) is 0.200. The van der Waals surface area contributed by atoms with Crippen LogP contribution < -0.4 is 10.5 Å². The lowest BCUT2D eigenvalue weighted by Gasteiger charge is -2.34. The second kappa shape index (κ2) is 6.72. The van der Waals surface area contributed by atoms with Crippen molar-refractivity contribution in [1.82, 2.24) is 4.72 Å². The Bertz CT molecular complexity index is 785. The van der Waals surface area contributed by atoms with Crippen LogP contribution in [0.5, 0.6) is 0 Å². The van der Waals surface area contributed by atoms with Crippen LogP contribution in [0.4, 0.5) is 13.2 Å². The van der Waals surface area contributed by atoms with Gasteiger partial charge in [-0.15, -0.1) is 0 Å². The van der Waals surface area contributed by atoms with E-state index in [2.05, 4.69) is 0 Å². The van der Waals surface area contributed by atoms with Crippen LogP contribution >= 0.6 is 11.6 Å². The molecule has 0 unspecified atom stereocenters. The summed E-state index contributed by atoms with van der Waals surface area (Å²) >= 11 is 6.32. The van der Waals surface area contributed by atoms with Gasteiger partial charge in [0.25, 0.3) is 0 Å². The Hall–Kier alpha value is -1.61. The maximum absolute atomic E-state index is 12.8. The summed E-state index contributed by atoms with van der Waals surface area (Å²) in [6.45, 7) is 0. The molecule has 0 amide bonds. The molecule has 9 heteroatoms. The summed E-state index contributed by atoms with van der Waals surface area (Å²) in [7, 11) is -5.72. The van der Waals surface area contributed by atoms with E-state index in [-0.39, 0.29) is 5.56 Å². The van der Waals surface area contributed by atoms with Crippen molar-refractivity contribution in [2.24, 2.45) is 5.73 Å². The molecule has 3 N–H and O–H groups in total. The largest absolute Gasteiger partial charge is 0.511 e. The first-order valence-electron chi connectivity index (χ1n) is 6.73. The van der Waals surface area contributed by atoms with E-state index < -0.39 is 26.6 Å². The first-order valence-corrected chi connectivity index (χ1v) is 8.59. The zero-order valence-electron chi connectivity index (χ0n) is 12.2. The lowest BCUT2D eigenvalue weighted by molar-refractivity contribution is -0.0454. The number of sulfonamides is 1. The third-order valence-corrected chi connectivity index (χ3v) is 5.23. The molecule has 0 bridgehead atoms. The third kappa shape index (κ3) is 3.72. The van der Waals surface area contributed by atoms with E-state index in [0.717, 1.165) is 0 Å². The van der Waals surface area contributed by atoms with E-state index in [1.165, 1.54) is 29.0 Å². The van der Waals surface area contributed by atoms with Crippen molar-refractivity contribution in [3.05, 3.63) is 71.8 Å². The van der Waals surface area contributed by atoms with Crippen molar-refractivity contribution >= 4 is 21.6 Å². The highest BCUT2D eigenvalue weighted by molar-refractivity contribution is 7.90. The molecule has 2 atom stereocenters. The van der Waals surface area contributed by atoms with Gasteiger partial charge in [0.1, 0.15) is 0 Å². The van der Waals surface area contributed by atoms with Gasteiger partial charge >= 0.3 is 15.5 Å². The molecular formula is C15H14ClF3N2O2S. The highest BCUT2D eigenvalue weighted by atomic mass is 35.5. The fourth-order valence-electron chi connectivity index (χ4n) is 2.13. The van der Waals surface area contributed by atoms with Gasteiger partial charge in [-0.2, -0.15) is 17.9 Å². The van der Waals surface area contributed by atoms with Gasteiger partial charge in [0.2, 0.25) is 0 Å². The van der Waals surface area contributed by atoms with Gasteiger partial charge in [-0.05, 0) is 11.1 Å². The minimum absolute atomic E-state index is 0.0934. The Morgan fingerprint density at radius 2 is 1.42 bits per heavy atom. The van der Waals surface area contributed by atoms with Crippen LogP contribution in [0.25, 0.3) is 0 Å². The highest BCUT2D eigenvalue weighted by Gasteiger charge is 2.52. The molecule has 4 nitrogen and oxygen atoms in total. The van der Waals surface area contributed by atoms with Gasteiger partial charge < -0.3 is 5.73 Å². The number of hydrogen-bond donors (Lipinski definition) is 2. The quantitative estimate of drug-likeness (QED) is 0.620. The van der Waals surface area contributed by atoms with Crippen molar-refractivity contribution in [2.45, 2.75) is 16.5 Å². The van der Waals surface area contributed by atoms with Gasteiger partial charge in [-0.1, -0.05) is 72.3 Å². The second-order valence-electron chi connectivity index (χ2n) is 5.02. The summed E-state index contributed by atoms with van der Waals surface area (Å²) in [4.78, 5) is -2.21. The molecule has 2 aromatic rings. The fourth-order valence-corrected chi connectivity index (χ4v) is 3.43. The summed E-state index contributed by atoms with van der Waals surface area (Å²) in [6, 6.07) is 14.2. The molecule has 130 valence electrons. The molecular weight excluding hydrogens is 365 g/mol. The Labute approximate surface area is 142 Å².